The first kappa shape index (κ1) is 22.1. The van der Waals surface area contributed by atoms with Crippen molar-refractivity contribution in [2.75, 3.05) is 19.6 Å². The third-order valence-corrected chi connectivity index (χ3v) is 7.81. The molecule has 1 spiro atoms. The number of aryl methyl sites for hydroxylation is 1. The predicted molar refractivity (Wildman–Crippen MR) is 130 cm³/mol. The summed E-state index contributed by atoms with van der Waals surface area (Å²) in [7, 11) is 0. The van der Waals surface area contributed by atoms with Gasteiger partial charge in [-0.3, -0.25) is 9.69 Å². The van der Waals surface area contributed by atoms with Crippen molar-refractivity contribution in [2.45, 2.75) is 63.5 Å². The summed E-state index contributed by atoms with van der Waals surface area (Å²) in [5.41, 5.74) is 3.83. The third kappa shape index (κ3) is 4.84. The van der Waals surface area contributed by atoms with Crippen molar-refractivity contribution >= 4 is 16.8 Å². The number of aromatic amines is 1. The maximum Gasteiger partial charge on any atom is 0.222 e. The van der Waals surface area contributed by atoms with E-state index in [1.165, 1.54) is 34.9 Å². The van der Waals surface area contributed by atoms with E-state index >= 15 is 0 Å². The van der Waals surface area contributed by atoms with Crippen molar-refractivity contribution in [3.63, 3.8) is 0 Å². The summed E-state index contributed by atoms with van der Waals surface area (Å²) in [4.78, 5) is 21.1. The Kier molecular flexibility index (Phi) is 6.50. The Hall–Kier alpha value is -2.66. The van der Waals surface area contributed by atoms with Crippen LogP contribution in [0.25, 0.3) is 10.9 Å². The summed E-state index contributed by atoms with van der Waals surface area (Å²) in [6.45, 7) is 3.69. The van der Waals surface area contributed by atoms with E-state index in [0.717, 1.165) is 58.3 Å². The molecule has 3 aromatic rings. The molecule has 33 heavy (non-hydrogen) atoms. The van der Waals surface area contributed by atoms with Crippen molar-refractivity contribution in [3.05, 3.63) is 71.7 Å². The molecule has 5 heteroatoms. The lowest BCUT2D eigenvalue weighted by Gasteiger charge is -2.38. The van der Waals surface area contributed by atoms with Gasteiger partial charge in [-0.2, -0.15) is 0 Å². The fraction of sp³-hybridized carbons (Fsp3) is 0.464. The normalized spacial score (nSPS) is 21.7. The molecule has 0 radical (unpaired) electrons. The van der Waals surface area contributed by atoms with Gasteiger partial charge in [0.2, 0.25) is 5.91 Å². The summed E-state index contributed by atoms with van der Waals surface area (Å²) < 4.78 is 13.3. The molecule has 1 amide bonds. The van der Waals surface area contributed by atoms with E-state index in [2.05, 4.69) is 39.2 Å². The van der Waals surface area contributed by atoms with Crippen LogP contribution in [0.3, 0.4) is 0 Å². The highest BCUT2D eigenvalue weighted by molar-refractivity contribution is 5.83. The SMILES string of the molecule is O=C(CCCc1c[nH]c2ccccc12)N1CCCC2(CCCN2Cc2ccc(F)cc2)CC1. The third-order valence-electron chi connectivity index (χ3n) is 7.81. The summed E-state index contributed by atoms with van der Waals surface area (Å²) >= 11 is 0. The van der Waals surface area contributed by atoms with Crippen molar-refractivity contribution in [1.82, 2.24) is 14.8 Å². The van der Waals surface area contributed by atoms with Crippen LogP contribution in [0.1, 0.15) is 56.1 Å². The minimum Gasteiger partial charge on any atom is -0.361 e. The number of fused-ring (bicyclic) bond motifs is 1. The highest BCUT2D eigenvalue weighted by Gasteiger charge is 2.41. The first-order chi connectivity index (χ1) is 16.1. The minimum atomic E-state index is -0.178. The van der Waals surface area contributed by atoms with Crippen LogP contribution in [0.5, 0.6) is 0 Å². The maximum atomic E-state index is 13.3. The fourth-order valence-electron chi connectivity index (χ4n) is 5.97. The van der Waals surface area contributed by atoms with Crippen molar-refractivity contribution in [1.29, 1.82) is 0 Å². The number of carbonyl (C=O) groups excluding carboxylic acids is 1. The van der Waals surface area contributed by atoms with Gasteiger partial charge in [-0.05, 0) is 80.8 Å². The van der Waals surface area contributed by atoms with Crippen LogP contribution in [0.4, 0.5) is 4.39 Å². The molecular formula is C28H34FN3O. The van der Waals surface area contributed by atoms with Crippen molar-refractivity contribution in [2.24, 2.45) is 0 Å². The molecule has 1 aromatic heterocycles. The number of halogens is 1. The number of nitrogens with zero attached hydrogens (tertiary/aromatic N) is 2. The van der Waals surface area contributed by atoms with E-state index in [-0.39, 0.29) is 11.4 Å². The molecule has 2 aliphatic heterocycles. The molecule has 174 valence electrons. The minimum absolute atomic E-state index is 0.178. The molecule has 0 saturated carbocycles. The summed E-state index contributed by atoms with van der Waals surface area (Å²) in [5.74, 6) is 0.123. The molecule has 4 nitrogen and oxygen atoms in total. The van der Waals surface area contributed by atoms with Crippen molar-refractivity contribution in [3.8, 4) is 0 Å². The van der Waals surface area contributed by atoms with Gasteiger partial charge in [-0.25, -0.2) is 4.39 Å². The van der Waals surface area contributed by atoms with Crippen LogP contribution in [-0.4, -0.2) is 45.9 Å². The largest absolute Gasteiger partial charge is 0.361 e. The number of para-hydroxylation sites is 1. The second-order valence-corrected chi connectivity index (χ2v) is 9.82. The molecule has 0 bridgehead atoms. The quantitative estimate of drug-likeness (QED) is 0.528. The molecule has 2 aliphatic rings. The highest BCUT2D eigenvalue weighted by Crippen LogP contribution is 2.39. The molecule has 2 saturated heterocycles. The van der Waals surface area contributed by atoms with Gasteiger partial charge in [0.15, 0.2) is 0 Å². The van der Waals surface area contributed by atoms with E-state index in [1.54, 1.807) is 12.1 Å². The van der Waals surface area contributed by atoms with E-state index in [9.17, 15) is 9.18 Å². The van der Waals surface area contributed by atoms with Gasteiger partial charge in [-0.1, -0.05) is 30.3 Å². The number of amides is 1. The number of hydrogen-bond donors (Lipinski definition) is 1. The van der Waals surface area contributed by atoms with Gasteiger partial charge in [0.05, 0.1) is 0 Å². The lowest BCUT2D eigenvalue weighted by atomic mass is 9.87. The smallest absolute Gasteiger partial charge is 0.222 e. The Morgan fingerprint density at radius 2 is 1.76 bits per heavy atom. The monoisotopic (exact) mass is 447 g/mol. The highest BCUT2D eigenvalue weighted by atomic mass is 19.1. The summed E-state index contributed by atoms with van der Waals surface area (Å²) in [6, 6.07) is 15.3. The first-order valence-electron chi connectivity index (χ1n) is 12.5. The second kappa shape index (κ2) is 9.68. The predicted octanol–water partition coefficient (Wildman–Crippen LogP) is 5.68. The number of carbonyl (C=O) groups is 1. The van der Waals surface area contributed by atoms with Crippen molar-refractivity contribution < 1.29 is 9.18 Å². The molecule has 0 aliphatic carbocycles. The molecule has 2 fully saturated rings. The van der Waals surface area contributed by atoms with Gasteiger partial charge >= 0.3 is 0 Å². The lowest BCUT2D eigenvalue weighted by Crippen LogP contribution is -2.44. The number of aromatic nitrogens is 1. The van der Waals surface area contributed by atoms with E-state index in [0.29, 0.717) is 12.3 Å². The Morgan fingerprint density at radius 3 is 2.61 bits per heavy atom. The fourth-order valence-corrected chi connectivity index (χ4v) is 5.97. The Morgan fingerprint density at radius 1 is 0.970 bits per heavy atom. The maximum absolute atomic E-state index is 13.3. The Labute approximate surface area is 195 Å². The topological polar surface area (TPSA) is 39.3 Å². The average Bonchev–Trinajstić information content (AvgIpc) is 3.34. The van der Waals surface area contributed by atoms with E-state index in [4.69, 9.17) is 0 Å². The zero-order valence-corrected chi connectivity index (χ0v) is 19.4. The molecule has 1 N–H and O–H groups in total. The van der Waals surface area contributed by atoms with Crippen LogP contribution >= 0.6 is 0 Å². The number of nitrogens with one attached hydrogen (secondary N) is 1. The van der Waals surface area contributed by atoms with Crippen LogP contribution in [-0.2, 0) is 17.8 Å². The van der Waals surface area contributed by atoms with Gasteiger partial charge < -0.3 is 9.88 Å². The lowest BCUT2D eigenvalue weighted by molar-refractivity contribution is -0.131. The molecule has 3 heterocycles. The van der Waals surface area contributed by atoms with Gasteiger partial charge in [0.25, 0.3) is 0 Å². The summed E-state index contributed by atoms with van der Waals surface area (Å²) in [5, 5.41) is 1.27. The van der Waals surface area contributed by atoms with Crippen LogP contribution in [0, 0.1) is 5.82 Å². The Balaban J connectivity index is 1.15. The van der Waals surface area contributed by atoms with Gasteiger partial charge in [-0.15, -0.1) is 0 Å². The van der Waals surface area contributed by atoms with Crippen LogP contribution in [0.15, 0.2) is 54.7 Å². The van der Waals surface area contributed by atoms with Gasteiger partial charge in [0.1, 0.15) is 5.82 Å². The Bertz CT molecular complexity index is 1090. The standard InChI is InChI=1S/C28H34FN3O/c29-24-12-10-22(11-13-24)21-32-18-5-15-28(32)14-4-17-31(19-16-28)27(33)9-3-6-23-20-30-26-8-2-1-7-25(23)26/h1-2,7-8,10-13,20,30H,3-6,9,14-19,21H2. The molecule has 5 rings (SSSR count). The van der Waals surface area contributed by atoms with E-state index < -0.39 is 0 Å². The van der Waals surface area contributed by atoms with Crippen LogP contribution < -0.4 is 0 Å². The number of likely N-dealkylation sites (tertiary alicyclic amines) is 2. The second-order valence-electron chi connectivity index (χ2n) is 9.82. The number of H-pyrrole nitrogens is 1. The van der Waals surface area contributed by atoms with E-state index in [1.807, 2.05) is 18.2 Å². The zero-order chi connectivity index (χ0) is 22.7. The summed E-state index contributed by atoms with van der Waals surface area (Å²) in [6.07, 6.45) is 10.2. The number of benzene rings is 2. The van der Waals surface area contributed by atoms with Crippen LogP contribution in [0.2, 0.25) is 0 Å². The molecule has 1 atom stereocenters. The van der Waals surface area contributed by atoms with Gasteiger partial charge in [0, 0.05) is 48.7 Å². The molecule has 1 unspecified atom stereocenters. The average molecular weight is 448 g/mol. The molecule has 2 aromatic carbocycles. The first-order valence-corrected chi connectivity index (χ1v) is 12.5. The number of rotatable bonds is 6. The zero-order valence-electron chi connectivity index (χ0n) is 19.4. The number of hydrogen-bond acceptors (Lipinski definition) is 2. The molecular weight excluding hydrogens is 413 g/mol.